The maximum Gasteiger partial charge on any atom is 0.323 e. The highest BCUT2D eigenvalue weighted by Gasteiger charge is 2.04. The van der Waals surface area contributed by atoms with Crippen LogP contribution in [0.1, 0.15) is 0 Å². The normalized spacial score (nSPS) is 11.8. The third-order valence-electron chi connectivity index (χ3n) is 1.78. The minimum Gasteiger partial charge on any atom is -0.306 e. The fourth-order valence-corrected chi connectivity index (χ4v) is 1.72. The van der Waals surface area contributed by atoms with Gasteiger partial charge in [-0.3, -0.25) is 4.72 Å². The van der Waals surface area contributed by atoms with E-state index in [1.165, 1.54) is 12.1 Å². The van der Waals surface area contributed by atoms with Crippen LogP contribution in [-0.4, -0.2) is 18.4 Å². The summed E-state index contributed by atoms with van der Waals surface area (Å²) < 4.78 is 23.6. The number of imidazole rings is 1. The summed E-state index contributed by atoms with van der Waals surface area (Å²) >= 11 is 0. The number of aromatic amines is 2. The summed E-state index contributed by atoms with van der Waals surface area (Å²) in [6, 6.07) is 4.54. The average Bonchev–Trinajstić information content (AvgIpc) is 2.40. The van der Waals surface area contributed by atoms with Gasteiger partial charge in [-0.2, -0.15) is 8.42 Å². The van der Waals surface area contributed by atoms with Crippen LogP contribution < -0.4 is 15.6 Å². The van der Waals surface area contributed by atoms with Gasteiger partial charge in [0.05, 0.1) is 16.7 Å². The van der Waals surface area contributed by atoms with Crippen LogP contribution in [0.5, 0.6) is 0 Å². The molecule has 1 heterocycles. The molecular formula is C7H8N4O3S. The number of anilines is 1. The third kappa shape index (κ3) is 2.17. The zero-order valence-electron chi connectivity index (χ0n) is 7.44. The van der Waals surface area contributed by atoms with Crippen LogP contribution in [0.2, 0.25) is 0 Å². The van der Waals surface area contributed by atoms with Crippen LogP contribution in [0, 0.1) is 0 Å². The van der Waals surface area contributed by atoms with Crippen molar-refractivity contribution in [1.82, 2.24) is 9.97 Å². The molecule has 0 amide bonds. The van der Waals surface area contributed by atoms with Gasteiger partial charge < -0.3 is 9.97 Å². The lowest BCUT2D eigenvalue weighted by molar-refractivity contribution is 0.603. The fraction of sp³-hybridized carbons (Fsp3) is 0. The van der Waals surface area contributed by atoms with Gasteiger partial charge in [0.1, 0.15) is 0 Å². The number of fused-ring (bicyclic) bond motifs is 1. The molecule has 0 fully saturated rings. The Labute approximate surface area is 84.5 Å². The molecule has 2 rings (SSSR count). The molecule has 80 valence electrons. The second kappa shape index (κ2) is 3.11. The predicted octanol–water partition coefficient (Wildman–Crippen LogP) is -0.528. The first kappa shape index (κ1) is 9.74. The van der Waals surface area contributed by atoms with E-state index in [-0.39, 0.29) is 5.69 Å². The predicted molar refractivity (Wildman–Crippen MR) is 55.6 cm³/mol. The van der Waals surface area contributed by atoms with E-state index in [9.17, 15) is 13.2 Å². The molecule has 1 aromatic carbocycles. The highest BCUT2D eigenvalue weighted by Crippen LogP contribution is 2.14. The molecule has 8 heteroatoms. The molecule has 0 unspecified atom stereocenters. The molecule has 2 aromatic rings. The van der Waals surface area contributed by atoms with E-state index in [0.29, 0.717) is 16.7 Å². The van der Waals surface area contributed by atoms with E-state index >= 15 is 0 Å². The minimum absolute atomic E-state index is 0.292. The lowest BCUT2D eigenvalue weighted by Gasteiger charge is -2.02. The van der Waals surface area contributed by atoms with E-state index in [4.69, 9.17) is 5.14 Å². The molecule has 0 aliphatic rings. The number of hydrogen-bond acceptors (Lipinski definition) is 3. The topological polar surface area (TPSA) is 121 Å². The molecule has 1 aromatic heterocycles. The second-order valence-electron chi connectivity index (χ2n) is 2.99. The van der Waals surface area contributed by atoms with Crippen molar-refractivity contribution in [3.8, 4) is 0 Å². The highest BCUT2D eigenvalue weighted by atomic mass is 32.2. The van der Waals surface area contributed by atoms with Crippen molar-refractivity contribution in [2.24, 2.45) is 5.14 Å². The largest absolute Gasteiger partial charge is 0.323 e. The standard InChI is InChI=1S/C7H8N4O3S/c8-15(13,14)11-4-1-2-5-6(3-4)10-7(12)9-5/h1-3,11H,(H2,8,13,14)(H2,9,10,12). The van der Waals surface area contributed by atoms with Crippen LogP contribution in [0.3, 0.4) is 0 Å². The SMILES string of the molecule is NS(=O)(=O)Nc1ccc2[nH]c(=O)[nH]c2c1. The first-order valence-electron chi connectivity index (χ1n) is 3.97. The van der Waals surface area contributed by atoms with Crippen molar-refractivity contribution in [3.05, 3.63) is 28.7 Å². The van der Waals surface area contributed by atoms with Crippen LogP contribution in [-0.2, 0) is 10.2 Å². The van der Waals surface area contributed by atoms with Crippen LogP contribution in [0.4, 0.5) is 5.69 Å². The molecule has 0 aliphatic carbocycles. The van der Waals surface area contributed by atoms with Gasteiger partial charge in [0.15, 0.2) is 0 Å². The van der Waals surface area contributed by atoms with Crippen LogP contribution >= 0.6 is 0 Å². The van der Waals surface area contributed by atoms with Gasteiger partial charge in [-0.15, -0.1) is 0 Å². The van der Waals surface area contributed by atoms with E-state index < -0.39 is 10.2 Å². The maximum atomic E-state index is 10.9. The molecule has 0 bridgehead atoms. The highest BCUT2D eigenvalue weighted by molar-refractivity contribution is 7.90. The third-order valence-corrected chi connectivity index (χ3v) is 2.30. The minimum atomic E-state index is -3.79. The zero-order chi connectivity index (χ0) is 11.1. The molecule has 15 heavy (non-hydrogen) atoms. The maximum absolute atomic E-state index is 10.9. The number of H-pyrrole nitrogens is 2. The Kier molecular flexibility index (Phi) is 2.02. The molecule has 5 N–H and O–H groups in total. The lowest BCUT2D eigenvalue weighted by atomic mass is 10.3. The summed E-state index contributed by atoms with van der Waals surface area (Å²) in [7, 11) is -3.79. The second-order valence-corrected chi connectivity index (χ2v) is 4.28. The van der Waals surface area contributed by atoms with Gasteiger partial charge in [-0.05, 0) is 18.2 Å². The first-order valence-corrected chi connectivity index (χ1v) is 5.51. The average molecular weight is 228 g/mol. The Balaban J connectivity index is 2.51. The first-order chi connectivity index (χ1) is 6.94. The molecule has 0 aliphatic heterocycles. The quantitative estimate of drug-likeness (QED) is 0.552. The van der Waals surface area contributed by atoms with E-state index in [2.05, 4.69) is 14.7 Å². The number of nitrogens with one attached hydrogen (secondary N) is 3. The van der Waals surface area contributed by atoms with Crippen LogP contribution in [0.15, 0.2) is 23.0 Å². The Morgan fingerprint density at radius 3 is 2.53 bits per heavy atom. The Bertz CT molecular complexity index is 654. The van der Waals surface area contributed by atoms with Gasteiger partial charge >= 0.3 is 5.69 Å². The van der Waals surface area contributed by atoms with Gasteiger partial charge in [-0.1, -0.05) is 0 Å². The molecule has 0 saturated carbocycles. The summed E-state index contributed by atoms with van der Waals surface area (Å²) in [5.41, 5.74) is 1.05. The van der Waals surface area contributed by atoms with Crippen molar-refractivity contribution in [2.45, 2.75) is 0 Å². The van der Waals surface area contributed by atoms with Gasteiger partial charge in [-0.25, -0.2) is 9.93 Å². The van der Waals surface area contributed by atoms with Crippen molar-refractivity contribution in [2.75, 3.05) is 4.72 Å². The molecule has 0 saturated heterocycles. The number of rotatable bonds is 2. The van der Waals surface area contributed by atoms with E-state index in [0.717, 1.165) is 0 Å². The van der Waals surface area contributed by atoms with Crippen molar-refractivity contribution >= 4 is 26.9 Å². The Morgan fingerprint density at radius 2 is 1.87 bits per heavy atom. The van der Waals surface area contributed by atoms with Crippen molar-refractivity contribution in [1.29, 1.82) is 0 Å². The number of nitrogens with two attached hydrogens (primary N) is 1. The van der Waals surface area contributed by atoms with Gasteiger partial charge in [0.25, 0.3) is 10.2 Å². The lowest BCUT2D eigenvalue weighted by Crippen LogP contribution is -2.21. The molecular weight excluding hydrogens is 220 g/mol. The molecule has 0 radical (unpaired) electrons. The van der Waals surface area contributed by atoms with Crippen molar-refractivity contribution < 1.29 is 8.42 Å². The monoisotopic (exact) mass is 228 g/mol. The summed E-state index contributed by atoms with van der Waals surface area (Å²) in [6.07, 6.45) is 0. The summed E-state index contributed by atoms with van der Waals surface area (Å²) in [5, 5.41) is 4.80. The molecule has 7 nitrogen and oxygen atoms in total. The van der Waals surface area contributed by atoms with Gasteiger partial charge in [0.2, 0.25) is 0 Å². The van der Waals surface area contributed by atoms with E-state index in [1.54, 1.807) is 6.07 Å². The summed E-state index contributed by atoms with van der Waals surface area (Å²) in [6.45, 7) is 0. The van der Waals surface area contributed by atoms with Gasteiger partial charge in [0, 0.05) is 0 Å². The number of hydrogen-bond donors (Lipinski definition) is 4. The smallest absolute Gasteiger partial charge is 0.306 e. The zero-order valence-corrected chi connectivity index (χ0v) is 8.26. The van der Waals surface area contributed by atoms with Crippen molar-refractivity contribution in [3.63, 3.8) is 0 Å². The van der Waals surface area contributed by atoms with Crippen LogP contribution in [0.25, 0.3) is 11.0 Å². The number of aromatic nitrogens is 2. The molecule has 0 atom stereocenters. The Morgan fingerprint density at radius 1 is 1.20 bits per heavy atom. The number of benzene rings is 1. The van der Waals surface area contributed by atoms with E-state index in [1.807, 2.05) is 0 Å². The Hall–Kier alpha value is -1.80. The fourth-order valence-electron chi connectivity index (χ4n) is 1.26. The molecule has 0 spiro atoms. The summed E-state index contributed by atoms with van der Waals surface area (Å²) in [4.78, 5) is 15.9. The summed E-state index contributed by atoms with van der Waals surface area (Å²) in [5.74, 6) is 0.